The topological polar surface area (TPSA) is 0 Å². The Morgan fingerprint density at radius 1 is 1.33 bits per heavy atom. The molecule has 2 bridgehead atoms. The fourth-order valence-electron chi connectivity index (χ4n) is 2.01. The number of allylic oxidation sites excluding steroid dienone is 2. The first-order valence-electron chi connectivity index (χ1n) is 3.61. The van der Waals surface area contributed by atoms with Gasteiger partial charge in [-0.05, 0) is 24.2 Å². The second kappa shape index (κ2) is 1.76. The molecule has 0 amide bonds. The van der Waals surface area contributed by atoms with E-state index in [0.717, 1.165) is 11.8 Å². The van der Waals surface area contributed by atoms with Gasteiger partial charge < -0.3 is 0 Å². The quantitative estimate of drug-likeness (QED) is 0.360. The lowest BCUT2D eigenvalue weighted by molar-refractivity contribution is 0.499. The molecule has 4 atom stereocenters. The molecular formula is C8H11Cl. The maximum atomic E-state index is 6.11. The number of halogens is 1. The minimum absolute atomic E-state index is 0.431. The van der Waals surface area contributed by atoms with Gasteiger partial charge in [-0.1, -0.05) is 19.1 Å². The van der Waals surface area contributed by atoms with Gasteiger partial charge in [0.15, 0.2) is 0 Å². The van der Waals surface area contributed by atoms with Gasteiger partial charge in [-0.25, -0.2) is 0 Å². The van der Waals surface area contributed by atoms with Gasteiger partial charge in [-0.2, -0.15) is 0 Å². The Bertz CT molecular complexity index is 135. The number of rotatable bonds is 0. The van der Waals surface area contributed by atoms with E-state index in [9.17, 15) is 0 Å². The summed E-state index contributed by atoms with van der Waals surface area (Å²) in [5.41, 5.74) is 0. The van der Waals surface area contributed by atoms with Gasteiger partial charge in [0.2, 0.25) is 0 Å². The molecule has 0 radical (unpaired) electrons. The minimum atomic E-state index is 0.431. The number of hydrogen-bond acceptors (Lipinski definition) is 0. The Kier molecular flexibility index (Phi) is 1.13. The summed E-state index contributed by atoms with van der Waals surface area (Å²) in [6, 6.07) is 0. The van der Waals surface area contributed by atoms with Gasteiger partial charge in [-0.3, -0.25) is 0 Å². The standard InChI is InChI=1S/C8H11Cl/c1-5-6-2-3-7(4-6)8(5)9/h2-3,5-8H,4H2,1H3/t5-,6+,7-,8+/m1/s1. The zero-order chi connectivity index (χ0) is 6.43. The van der Waals surface area contributed by atoms with E-state index in [4.69, 9.17) is 11.6 Å². The molecule has 1 saturated carbocycles. The molecule has 0 saturated heterocycles. The second-order valence-corrected chi connectivity index (χ2v) is 3.76. The third kappa shape index (κ3) is 0.660. The number of hydrogen-bond donors (Lipinski definition) is 0. The zero-order valence-electron chi connectivity index (χ0n) is 5.55. The van der Waals surface area contributed by atoms with Crippen molar-refractivity contribution in [1.29, 1.82) is 0 Å². The molecule has 0 unspecified atom stereocenters. The van der Waals surface area contributed by atoms with E-state index >= 15 is 0 Å². The van der Waals surface area contributed by atoms with Crippen molar-refractivity contribution in [2.24, 2.45) is 17.8 Å². The molecule has 2 aliphatic rings. The highest BCUT2D eigenvalue weighted by Crippen LogP contribution is 2.45. The lowest BCUT2D eigenvalue weighted by atomic mass is 9.95. The summed E-state index contributed by atoms with van der Waals surface area (Å²) < 4.78 is 0. The molecule has 0 nitrogen and oxygen atoms in total. The van der Waals surface area contributed by atoms with Crippen molar-refractivity contribution in [3.63, 3.8) is 0 Å². The van der Waals surface area contributed by atoms with Gasteiger partial charge >= 0.3 is 0 Å². The van der Waals surface area contributed by atoms with Gasteiger partial charge in [0, 0.05) is 5.38 Å². The van der Waals surface area contributed by atoms with Crippen molar-refractivity contribution in [2.45, 2.75) is 18.7 Å². The molecule has 0 heterocycles. The lowest BCUT2D eigenvalue weighted by Crippen LogP contribution is -2.15. The van der Waals surface area contributed by atoms with Crippen LogP contribution in [0.2, 0.25) is 0 Å². The van der Waals surface area contributed by atoms with Crippen LogP contribution in [0.4, 0.5) is 0 Å². The summed E-state index contributed by atoms with van der Waals surface area (Å²) in [6.45, 7) is 2.26. The average Bonchev–Trinajstić information content (AvgIpc) is 2.37. The van der Waals surface area contributed by atoms with Gasteiger partial charge in [0.05, 0.1) is 0 Å². The molecule has 0 aromatic rings. The third-order valence-electron chi connectivity index (χ3n) is 2.74. The van der Waals surface area contributed by atoms with Crippen molar-refractivity contribution in [3.8, 4) is 0 Å². The number of fused-ring (bicyclic) bond motifs is 2. The highest BCUT2D eigenvalue weighted by atomic mass is 35.5. The van der Waals surface area contributed by atoms with Gasteiger partial charge in [-0.15, -0.1) is 11.6 Å². The van der Waals surface area contributed by atoms with Crippen LogP contribution >= 0.6 is 11.6 Å². The van der Waals surface area contributed by atoms with E-state index in [1.807, 2.05) is 0 Å². The van der Waals surface area contributed by atoms with Gasteiger partial charge in [0.1, 0.15) is 0 Å². The Balaban J connectivity index is 2.26. The maximum Gasteiger partial charge on any atom is 0.0430 e. The van der Waals surface area contributed by atoms with Crippen LogP contribution < -0.4 is 0 Å². The van der Waals surface area contributed by atoms with E-state index in [0.29, 0.717) is 11.3 Å². The second-order valence-electron chi connectivity index (χ2n) is 3.25. The Morgan fingerprint density at radius 2 is 2.00 bits per heavy atom. The fourth-order valence-corrected chi connectivity index (χ4v) is 2.38. The van der Waals surface area contributed by atoms with Crippen LogP contribution in [-0.2, 0) is 0 Å². The molecule has 0 aliphatic heterocycles. The van der Waals surface area contributed by atoms with Crippen molar-refractivity contribution in [3.05, 3.63) is 12.2 Å². The Morgan fingerprint density at radius 3 is 2.33 bits per heavy atom. The normalized spacial score (nSPS) is 54.9. The van der Waals surface area contributed by atoms with E-state index in [1.54, 1.807) is 0 Å². The zero-order valence-corrected chi connectivity index (χ0v) is 6.31. The molecule has 2 rings (SSSR count). The van der Waals surface area contributed by atoms with Crippen LogP contribution in [0.1, 0.15) is 13.3 Å². The van der Waals surface area contributed by atoms with Crippen LogP contribution in [0.3, 0.4) is 0 Å². The molecular weight excluding hydrogens is 132 g/mol. The molecule has 1 heteroatoms. The number of alkyl halides is 1. The monoisotopic (exact) mass is 142 g/mol. The smallest absolute Gasteiger partial charge is 0.0430 e. The van der Waals surface area contributed by atoms with E-state index in [-0.39, 0.29) is 0 Å². The predicted octanol–water partition coefficient (Wildman–Crippen LogP) is 2.44. The first-order chi connectivity index (χ1) is 4.29. The van der Waals surface area contributed by atoms with E-state index in [1.165, 1.54) is 6.42 Å². The summed E-state index contributed by atoms with van der Waals surface area (Å²) in [5.74, 6) is 2.23. The molecule has 9 heavy (non-hydrogen) atoms. The van der Waals surface area contributed by atoms with E-state index < -0.39 is 0 Å². The van der Waals surface area contributed by atoms with Crippen LogP contribution in [0.5, 0.6) is 0 Å². The third-order valence-corrected chi connectivity index (χ3v) is 3.46. The van der Waals surface area contributed by atoms with Gasteiger partial charge in [0.25, 0.3) is 0 Å². The summed E-state index contributed by atoms with van der Waals surface area (Å²) in [6.07, 6.45) is 5.92. The summed E-state index contributed by atoms with van der Waals surface area (Å²) in [4.78, 5) is 0. The van der Waals surface area contributed by atoms with Crippen molar-refractivity contribution in [1.82, 2.24) is 0 Å². The molecule has 0 N–H and O–H groups in total. The Labute approximate surface area is 60.9 Å². The van der Waals surface area contributed by atoms with Crippen molar-refractivity contribution in [2.75, 3.05) is 0 Å². The summed E-state index contributed by atoms with van der Waals surface area (Å²) in [5, 5.41) is 0.431. The lowest BCUT2D eigenvalue weighted by Gasteiger charge is -2.17. The molecule has 0 aromatic carbocycles. The average molecular weight is 143 g/mol. The van der Waals surface area contributed by atoms with Crippen LogP contribution in [-0.4, -0.2) is 5.38 Å². The first kappa shape index (κ1) is 5.79. The maximum absolute atomic E-state index is 6.11. The van der Waals surface area contributed by atoms with E-state index in [2.05, 4.69) is 19.1 Å². The van der Waals surface area contributed by atoms with Crippen molar-refractivity contribution < 1.29 is 0 Å². The predicted molar refractivity (Wildman–Crippen MR) is 39.5 cm³/mol. The molecule has 1 fully saturated rings. The molecule has 2 aliphatic carbocycles. The largest absolute Gasteiger partial charge is 0.122 e. The fraction of sp³-hybridized carbons (Fsp3) is 0.750. The van der Waals surface area contributed by atoms with Crippen LogP contribution in [0.25, 0.3) is 0 Å². The molecule has 50 valence electrons. The van der Waals surface area contributed by atoms with Crippen molar-refractivity contribution >= 4 is 11.6 Å². The first-order valence-corrected chi connectivity index (χ1v) is 4.05. The SMILES string of the molecule is C[C@H]1[C@H](Cl)[C@@H]2C=C[C@H]1C2. The highest BCUT2D eigenvalue weighted by molar-refractivity contribution is 6.21. The molecule has 0 spiro atoms. The van der Waals surface area contributed by atoms with Crippen LogP contribution in [0.15, 0.2) is 12.2 Å². The minimum Gasteiger partial charge on any atom is -0.122 e. The Hall–Kier alpha value is 0.0300. The highest BCUT2D eigenvalue weighted by Gasteiger charge is 2.40. The molecule has 0 aromatic heterocycles. The van der Waals surface area contributed by atoms with Crippen LogP contribution in [0, 0.1) is 17.8 Å². The summed E-state index contributed by atoms with van der Waals surface area (Å²) in [7, 11) is 0. The summed E-state index contributed by atoms with van der Waals surface area (Å²) >= 11 is 6.11.